The van der Waals surface area contributed by atoms with Gasteiger partial charge >= 0.3 is 0 Å². The molecule has 0 atom stereocenters. The standard InChI is InChI=1S/C21H30N2O3.ClH/c1-26-19-5-3-17(4-6-19)21(25)18-10-14-23(15-11-18)20(24)7-2-16-8-12-22-13-9-16;/h3-6,16,18,22H,2,7-15H2,1H3;1H. The Hall–Kier alpha value is -1.59. The minimum Gasteiger partial charge on any atom is -0.497 e. The third-order valence-corrected chi connectivity index (χ3v) is 5.82. The van der Waals surface area contributed by atoms with Gasteiger partial charge in [-0.2, -0.15) is 0 Å². The van der Waals surface area contributed by atoms with E-state index in [1.54, 1.807) is 7.11 Å². The Morgan fingerprint density at radius 2 is 1.70 bits per heavy atom. The van der Waals surface area contributed by atoms with E-state index in [0.717, 1.165) is 43.7 Å². The first-order valence-corrected chi connectivity index (χ1v) is 9.84. The van der Waals surface area contributed by atoms with Crippen LogP contribution in [0.15, 0.2) is 24.3 Å². The number of rotatable bonds is 6. The monoisotopic (exact) mass is 394 g/mol. The Morgan fingerprint density at radius 3 is 2.30 bits per heavy atom. The first-order chi connectivity index (χ1) is 12.7. The summed E-state index contributed by atoms with van der Waals surface area (Å²) in [6, 6.07) is 7.31. The Labute approximate surface area is 168 Å². The molecule has 1 amide bonds. The van der Waals surface area contributed by atoms with Crippen LogP contribution in [0.4, 0.5) is 0 Å². The first-order valence-electron chi connectivity index (χ1n) is 9.84. The maximum Gasteiger partial charge on any atom is 0.222 e. The summed E-state index contributed by atoms with van der Waals surface area (Å²) in [5, 5.41) is 3.37. The van der Waals surface area contributed by atoms with Crippen LogP contribution >= 0.6 is 12.4 Å². The van der Waals surface area contributed by atoms with Gasteiger partial charge in [0.2, 0.25) is 5.91 Å². The number of Topliss-reactive ketones (excluding diaryl/α,β-unsaturated/α-hetero) is 1. The molecular weight excluding hydrogens is 364 g/mol. The molecule has 150 valence electrons. The number of nitrogens with one attached hydrogen (secondary N) is 1. The molecule has 2 saturated heterocycles. The zero-order valence-electron chi connectivity index (χ0n) is 16.1. The highest BCUT2D eigenvalue weighted by Gasteiger charge is 2.28. The highest BCUT2D eigenvalue weighted by molar-refractivity contribution is 5.98. The smallest absolute Gasteiger partial charge is 0.222 e. The average Bonchev–Trinajstić information content (AvgIpc) is 2.72. The van der Waals surface area contributed by atoms with Crippen LogP contribution in [0, 0.1) is 11.8 Å². The number of nitrogens with zero attached hydrogens (tertiary/aromatic N) is 1. The molecular formula is C21H31ClN2O3. The van der Waals surface area contributed by atoms with Gasteiger partial charge in [-0.05, 0) is 75.4 Å². The van der Waals surface area contributed by atoms with E-state index in [2.05, 4.69) is 5.32 Å². The summed E-state index contributed by atoms with van der Waals surface area (Å²) in [5.74, 6) is 1.93. The fraction of sp³-hybridized carbons (Fsp3) is 0.619. The van der Waals surface area contributed by atoms with Gasteiger partial charge in [0.25, 0.3) is 0 Å². The van der Waals surface area contributed by atoms with Crippen molar-refractivity contribution in [2.45, 2.75) is 38.5 Å². The van der Waals surface area contributed by atoms with Crippen molar-refractivity contribution in [1.29, 1.82) is 0 Å². The largest absolute Gasteiger partial charge is 0.497 e. The molecule has 0 radical (unpaired) electrons. The van der Waals surface area contributed by atoms with Gasteiger partial charge in [0.15, 0.2) is 5.78 Å². The number of hydrogen-bond donors (Lipinski definition) is 1. The number of amides is 1. The summed E-state index contributed by atoms with van der Waals surface area (Å²) < 4.78 is 5.14. The number of likely N-dealkylation sites (tertiary alicyclic amines) is 1. The summed E-state index contributed by atoms with van der Waals surface area (Å²) >= 11 is 0. The summed E-state index contributed by atoms with van der Waals surface area (Å²) in [6.45, 7) is 3.57. The zero-order valence-corrected chi connectivity index (χ0v) is 16.9. The predicted octanol–water partition coefficient (Wildman–Crippen LogP) is 3.32. The summed E-state index contributed by atoms with van der Waals surface area (Å²) in [7, 11) is 1.62. The van der Waals surface area contributed by atoms with Gasteiger partial charge in [-0.15, -0.1) is 12.4 Å². The van der Waals surface area contributed by atoms with E-state index in [9.17, 15) is 9.59 Å². The van der Waals surface area contributed by atoms with Crippen LogP contribution in [-0.2, 0) is 4.79 Å². The Bertz CT molecular complexity index is 606. The van der Waals surface area contributed by atoms with Crippen molar-refractivity contribution in [3.63, 3.8) is 0 Å². The Kier molecular flexibility index (Phi) is 8.58. The van der Waals surface area contributed by atoms with Crippen LogP contribution < -0.4 is 10.1 Å². The predicted molar refractivity (Wildman–Crippen MR) is 109 cm³/mol. The lowest BCUT2D eigenvalue weighted by molar-refractivity contribution is -0.132. The van der Waals surface area contributed by atoms with Crippen LogP contribution in [0.25, 0.3) is 0 Å². The van der Waals surface area contributed by atoms with Gasteiger partial charge in [-0.1, -0.05) is 0 Å². The van der Waals surface area contributed by atoms with Gasteiger partial charge in [-0.3, -0.25) is 9.59 Å². The second-order valence-corrected chi connectivity index (χ2v) is 7.48. The molecule has 6 heteroatoms. The van der Waals surface area contributed by atoms with Crippen molar-refractivity contribution >= 4 is 24.1 Å². The lowest BCUT2D eigenvalue weighted by Crippen LogP contribution is -2.40. The lowest BCUT2D eigenvalue weighted by atomic mass is 9.88. The van der Waals surface area contributed by atoms with E-state index in [4.69, 9.17) is 4.74 Å². The summed E-state index contributed by atoms with van der Waals surface area (Å²) in [5.41, 5.74) is 0.737. The molecule has 0 saturated carbocycles. The topological polar surface area (TPSA) is 58.6 Å². The third kappa shape index (κ3) is 5.94. The van der Waals surface area contributed by atoms with Gasteiger partial charge < -0.3 is 15.0 Å². The molecule has 2 aliphatic rings. The van der Waals surface area contributed by atoms with E-state index < -0.39 is 0 Å². The fourth-order valence-corrected chi connectivity index (χ4v) is 4.04. The van der Waals surface area contributed by atoms with Crippen LogP contribution in [-0.4, -0.2) is 49.9 Å². The quantitative estimate of drug-likeness (QED) is 0.752. The van der Waals surface area contributed by atoms with E-state index in [1.807, 2.05) is 29.2 Å². The van der Waals surface area contributed by atoms with Gasteiger partial charge in [0.1, 0.15) is 5.75 Å². The van der Waals surface area contributed by atoms with Gasteiger partial charge in [-0.25, -0.2) is 0 Å². The normalized spacial score (nSPS) is 18.6. The Morgan fingerprint density at radius 1 is 1.07 bits per heavy atom. The molecule has 5 nitrogen and oxygen atoms in total. The number of carbonyl (C=O) groups excluding carboxylic acids is 2. The molecule has 0 bridgehead atoms. The molecule has 1 aromatic carbocycles. The van der Waals surface area contributed by atoms with Crippen LogP contribution in [0.2, 0.25) is 0 Å². The molecule has 1 N–H and O–H groups in total. The third-order valence-electron chi connectivity index (χ3n) is 5.82. The van der Waals surface area contributed by atoms with Crippen LogP contribution in [0.1, 0.15) is 48.9 Å². The fourth-order valence-electron chi connectivity index (χ4n) is 4.04. The lowest BCUT2D eigenvalue weighted by Gasteiger charge is -2.32. The number of halogens is 1. The van der Waals surface area contributed by atoms with Crippen molar-refractivity contribution in [3.05, 3.63) is 29.8 Å². The number of methoxy groups -OCH3 is 1. The molecule has 27 heavy (non-hydrogen) atoms. The Balaban J connectivity index is 0.00000261. The van der Waals surface area contributed by atoms with Crippen LogP contribution in [0.3, 0.4) is 0 Å². The molecule has 0 unspecified atom stereocenters. The second-order valence-electron chi connectivity index (χ2n) is 7.48. The van der Waals surface area contributed by atoms with Gasteiger partial charge in [0, 0.05) is 31.0 Å². The van der Waals surface area contributed by atoms with Gasteiger partial charge in [0.05, 0.1) is 7.11 Å². The molecule has 1 aromatic rings. The number of carbonyl (C=O) groups is 2. The van der Waals surface area contributed by atoms with E-state index in [0.29, 0.717) is 25.4 Å². The highest BCUT2D eigenvalue weighted by atomic mass is 35.5. The van der Waals surface area contributed by atoms with E-state index >= 15 is 0 Å². The molecule has 2 fully saturated rings. The molecule has 2 heterocycles. The second kappa shape index (κ2) is 10.7. The van der Waals surface area contributed by atoms with E-state index in [-0.39, 0.29) is 30.0 Å². The molecule has 0 spiro atoms. The molecule has 3 rings (SSSR count). The first kappa shape index (κ1) is 21.7. The zero-order chi connectivity index (χ0) is 18.4. The number of ketones is 1. The van der Waals surface area contributed by atoms with E-state index in [1.165, 1.54) is 12.8 Å². The molecule has 0 aliphatic carbocycles. The maximum absolute atomic E-state index is 12.7. The van der Waals surface area contributed by atoms with Crippen molar-refractivity contribution < 1.29 is 14.3 Å². The van der Waals surface area contributed by atoms with Crippen molar-refractivity contribution in [2.24, 2.45) is 11.8 Å². The minimum absolute atomic E-state index is 0. The molecule has 2 aliphatic heterocycles. The maximum atomic E-state index is 12.7. The van der Waals surface area contributed by atoms with Crippen molar-refractivity contribution in [1.82, 2.24) is 10.2 Å². The number of benzene rings is 1. The van der Waals surface area contributed by atoms with Crippen molar-refractivity contribution in [3.8, 4) is 5.75 Å². The molecule has 0 aromatic heterocycles. The average molecular weight is 395 g/mol. The number of piperidine rings is 2. The van der Waals surface area contributed by atoms with Crippen molar-refractivity contribution in [2.75, 3.05) is 33.3 Å². The minimum atomic E-state index is 0. The number of hydrogen-bond acceptors (Lipinski definition) is 4. The summed E-state index contributed by atoms with van der Waals surface area (Å²) in [6.07, 6.45) is 5.57. The SMILES string of the molecule is COc1ccc(C(=O)C2CCN(C(=O)CCC3CCNCC3)CC2)cc1.Cl. The van der Waals surface area contributed by atoms with Crippen LogP contribution in [0.5, 0.6) is 5.75 Å². The summed E-state index contributed by atoms with van der Waals surface area (Å²) in [4.78, 5) is 27.1. The number of ether oxygens (including phenoxy) is 1. The highest BCUT2D eigenvalue weighted by Crippen LogP contribution is 2.24.